The molecular weight excluding hydrogens is 276 g/mol. The van der Waals surface area contributed by atoms with Crippen molar-refractivity contribution in [2.24, 2.45) is 4.99 Å². The summed E-state index contributed by atoms with van der Waals surface area (Å²) in [6, 6.07) is 8.66. The molecule has 0 fully saturated rings. The Kier molecular flexibility index (Phi) is 9.07. The van der Waals surface area contributed by atoms with Gasteiger partial charge < -0.3 is 20.3 Å². The van der Waals surface area contributed by atoms with Gasteiger partial charge >= 0.3 is 0 Å². The van der Waals surface area contributed by atoms with E-state index in [0.29, 0.717) is 0 Å². The molecule has 0 saturated carbocycles. The number of methoxy groups -OCH3 is 1. The fourth-order valence-electron chi connectivity index (χ4n) is 2.03. The molecular formula is C17H30N4O. The predicted molar refractivity (Wildman–Crippen MR) is 94.9 cm³/mol. The maximum absolute atomic E-state index is 5.04. The third kappa shape index (κ3) is 7.31. The van der Waals surface area contributed by atoms with Crippen molar-refractivity contribution < 1.29 is 4.74 Å². The van der Waals surface area contributed by atoms with E-state index in [1.807, 2.05) is 0 Å². The van der Waals surface area contributed by atoms with Gasteiger partial charge in [0.1, 0.15) is 0 Å². The Morgan fingerprint density at radius 3 is 2.50 bits per heavy atom. The molecule has 5 heteroatoms. The Hall–Kier alpha value is -1.75. The first-order valence-electron chi connectivity index (χ1n) is 7.94. The summed E-state index contributed by atoms with van der Waals surface area (Å²) in [7, 11) is 5.83. The van der Waals surface area contributed by atoms with E-state index in [4.69, 9.17) is 4.74 Å². The molecule has 124 valence electrons. The number of guanidine groups is 1. The highest BCUT2D eigenvalue weighted by Crippen LogP contribution is 2.12. The molecule has 0 atom stereocenters. The summed E-state index contributed by atoms with van der Waals surface area (Å²) in [6.07, 6.45) is 1.93. The standard InChI is InChI=1S/C17H30N4O/c1-5-18-17(19-12-6-14-22-4)20-13-11-15-7-9-16(10-8-15)21(2)3/h7-10H,5-6,11-14H2,1-4H3,(H2,18,19,20). The minimum atomic E-state index is 0.751. The first kappa shape index (κ1) is 18.3. The summed E-state index contributed by atoms with van der Waals surface area (Å²) in [5.41, 5.74) is 2.55. The van der Waals surface area contributed by atoms with Crippen molar-refractivity contribution in [3.63, 3.8) is 0 Å². The third-order valence-corrected chi connectivity index (χ3v) is 3.28. The van der Waals surface area contributed by atoms with Gasteiger partial charge in [-0.3, -0.25) is 4.99 Å². The molecule has 0 saturated heterocycles. The van der Waals surface area contributed by atoms with Crippen molar-refractivity contribution in [3.8, 4) is 0 Å². The van der Waals surface area contributed by atoms with Crippen LogP contribution >= 0.6 is 0 Å². The Bertz CT molecular complexity index is 429. The first-order chi connectivity index (χ1) is 10.7. The van der Waals surface area contributed by atoms with Crippen molar-refractivity contribution in [3.05, 3.63) is 29.8 Å². The average molecular weight is 306 g/mol. The Balaban J connectivity index is 2.38. The highest BCUT2D eigenvalue weighted by Gasteiger charge is 1.99. The van der Waals surface area contributed by atoms with Crippen molar-refractivity contribution in [2.75, 3.05) is 52.3 Å². The molecule has 0 spiro atoms. The van der Waals surface area contributed by atoms with Crippen LogP contribution < -0.4 is 15.5 Å². The van der Waals surface area contributed by atoms with Crippen LogP contribution in [0.25, 0.3) is 0 Å². The molecule has 0 bridgehead atoms. The lowest BCUT2D eigenvalue weighted by Gasteiger charge is -2.13. The minimum Gasteiger partial charge on any atom is -0.385 e. The van der Waals surface area contributed by atoms with E-state index in [1.165, 1.54) is 11.3 Å². The van der Waals surface area contributed by atoms with E-state index >= 15 is 0 Å². The minimum absolute atomic E-state index is 0.751. The molecule has 0 aliphatic heterocycles. The van der Waals surface area contributed by atoms with Gasteiger partial charge in [-0.1, -0.05) is 12.1 Å². The van der Waals surface area contributed by atoms with Crippen LogP contribution in [0, 0.1) is 0 Å². The van der Waals surface area contributed by atoms with Crippen LogP contribution in [0.5, 0.6) is 0 Å². The molecule has 0 aliphatic rings. The summed E-state index contributed by atoms with van der Waals surface area (Å²) in [6.45, 7) is 5.35. The zero-order valence-electron chi connectivity index (χ0n) is 14.4. The number of anilines is 1. The van der Waals surface area contributed by atoms with Gasteiger partial charge in [0.25, 0.3) is 0 Å². The molecule has 22 heavy (non-hydrogen) atoms. The molecule has 0 radical (unpaired) electrons. The lowest BCUT2D eigenvalue weighted by Crippen LogP contribution is -2.38. The number of ether oxygens (including phenoxy) is 1. The van der Waals surface area contributed by atoms with Gasteiger partial charge in [-0.25, -0.2) is 0 Å². The number of benzene rings is 1. The second kappa shape index (κ2) is 10.9. The van der Waals surface area contributed by atoms with Crippen molar-refractivity contribution in [2.45, 2.75) is 19.8 Å². The average Bonchev–Trinajstić information content (AvgIpc) is 2.52. The molecule has 1 rings (SSSR count). The Labute approximate surface area is 134 Å². The lowest BCUT2D eigenvalue weighted by atomic mass is 10.1. The number of hydrogen-bond donors (Lipinski definition) is 2. The first-order valence-corrected chi connectivity index (χ1v) is 7.94. The van der Waals surface area contributed by atoms with Gasteiger partial charge in [0.2, 0.25) is 0 Å². The van der Waals surface area contributed by atoms with Crippen LogP contribution in [-0.4, -0.2) is 53.4 Å². The van der Waals surface area contributed by atoms with Crippen LogP contribution in [0.3, 0.4) is 0 Å². The monoisotopic (exact) mass is 306 g/mol. The highest BCUT2D eigenvalue weighted by molar-refractivity contribution is 5.79. The fourth-order valence-corrected chi connectivity index (χ4v) is 2.03. The Morgan fingerprint density at radius 2 is 1.91 bits per heavy atom. The third-order valence-electron chi connectivity index (χ3n) is 3.28. The van der Waals surface area contributed by atoms with Crippen LogP contribution in [0.15, 0.2) is 29.3 Å². The second-order valence-corrected chi connectivity index (χ2v) is 5.34. The van der Waals surface area contributed by atoms with Gasteiger partial charge in [0.15, 0.2) is 5.96 Å². The summed E-state index contributed by atoms with van der Waals surface area (Å²) < 4.78 is 5.04. The Morgan fingerprint density at radius 1 is 1.18 bits per heavy atom. The molecule has 0 unspecified atom stereocenters. The van der Waals surface area contributed by atoms with E-state index in [2.05, 4.69) is 65.8 Å². The zero-order valence-corrected chi connectivity index (χ0v) is 14.4. The maximum Gasteiger partial charge on any atom is 0.191 e. The van der Waals surface area contributed by atoms with E-state index in [1.54, 1.807) is 7.11 Å². The van der Waals surface area contributed by atoms with Gasteiger partial charge in [-0.05, 0) is 37.5 Å². The number of nitrogens with zero attached hydrogens (tertiary/aromatic N) is 2. The smallest absolute Gasteiger partial charge is 0.191 e. The van der Waals surface area contributed by atoms with Crippen LogP contribution in [0.1, 0.15) is 18.9 Å². The van der Waals surface area contributed by atoms with Crippen molar-refractivity contribution >= 4 is 11.6 Å². The topological polar surface area (TPSA) is 48.9 Å². The van der Waals surface area contributed by atoms with Crippen molar-refractivity contribution in [1.82, 2.24) is 10.6 Å². The van der Waals surface area contributed by atoms with Gasteiger partial charge in [0.05, 0.1) is 0 Å². The fraction of sp³-hybridized carbons (Fsp3) is 0.588. The molecule has 0 aromatic heterocycles. The molecule has 1 aromatic carbocycles. The van der Waals surface area contributed by atoms with Gasteiger partial charge in [0, 0.05) is 53.1 Å². The molecule has 1 aromatic rings. The molecule has 0 aliphatic carbocycles. The van der Waals surface area contributed by atoms with E-state index < -0.39 is 0 Å². The van der Waals surface area contributed by atoms with Crippen LogP contribution in [-0.2, 0) is 11.2 Å². The predicted octanol–water partition coefficient (Wildman–Crippen LogP) is 1.89. The molecule has 0 heterocycles. The van der Waals surface area contributed by atoms with E-state index in [-0.39, 0.29) is 0 Å². The van der Waals surface area contributed by atoms with Crippen molar-refractivity contribution in [1.29, 1.82) is 0 Å². The van der Waals surface area contributed by atoms with Crippen LogP contribution in [0.2, 0.25) is 0 Å². The SMILES string of the molecule is CCNC(=NCCCOC)NCCc1ccc(N(C)C)cc1. The zero-order chi connectivity index (χ0) is 16.2. The molecule has 0 amide bonds. The second-order valence-electron chi connectivity index (χ2n) is 5.34. The van der Waals surface area contributed by atoms with Gasteiger partial charge in [-0.15, -0.1) is 0 Å². The summed E-state index contributed by atoms with van der Waals surface area (Å²) in [5.74, 6) is 0.878. The summed E-state index contributed by atoms with van der Waals surface area (Å²) in [4.78, 5) is 6.64. The quantitative estimate of drug-likeness (QED) is 0.415. The summed E-state index contributed by atoms with van der Waals surface area (Å²) in [5, 5.41) is 6.63. The lowest BCUT2D eigenvalue weighted by molar-refractivity contribution is 0.197. The number of nitrogens with one attached hydrogen (secondary N) is 2. The largest absolute Gasteiger partial charge is 0.385 e. The normalized spacial score (nSPS) is 11.4. The maximum atomic E-state index is 5.04. The number of rotatable bonds is 9. The molecule has 2 N–H and O–H groups in total. The number of hydrogen-bond acceptors (Lipinski definition) is 3. The summed E-state index contributed by atoms with van der Waals surface area (Å²) >= 11 is 0. The van der Waals surface area contributed by atoms with Crippen LogP contribution in [0.4, 0.5) is 5.69 Å². The van der Waals surface area contributed by atoms with E-state index in [0.717, 1.165) is 45.0 Å². The van der Waals surface area contributed by atoms with E-state index in [9.17, 15) is 0 Å². The number of aliphatic imine (C=N–C) groups is 1. The highest BCUT2D eigenvalue weighted by atomic mass is 16.5. The molecule has 5 nitrogen and oxygen atoms in total. The van der Waals surface area contributed by atoms with Gasteiger partial charge in [-0.2, -0.15) is 0 Å².